The normalized spacial score (nSPS) is 25.9. The van der Waals surface area contributed by atoms with Crippen LogP contribution in [-0.2, 0) is 15.0 Å². The van der Waals surface area contributed by atoms with Crippen molar-refractivity contribution in [3.05, 3.63) is 35.1 Å². The highest BCUT2D eigenvalue weighted by Crippen LogP contribution is 2.45. The number of methoxy groups -OCH3 is 1. The standard InChI is InChI=1S/C16H18FNO2S.C2H6O/c1-10(19)12-3-4-15(17)14(7-12)16-9-20-6-5-13(16)8-21-11(2)18-16;1-3-2/h3-4,7,13H,5-6,8-9H2,1-2H3;1-2H3/t13?,16-;/m0./s1. The lowest BCUT2D eigenvalue weighted by Crippen LogP contribution is -2.47. The topological polar surface area (TPSA) is 47.9 Å². The summed E-state index contributed by atoms with van der Waals surface area (Å²) in [4.78, 5) is 16.4. The van der Waals surface area contributed by atoms with E-state index in [0.717, 1.165) is 17.2 Å². The number of hydrogen-bond acceptors (Lipinski definition) is 5. The molecular weight excluding hydrogens is 329 g/mol. The molecule has 1 aromatic rings. The number of fused-ring (bicyclic) bond motifs is 1. The molecule has 1 unspecified atom stereocenters. The smallest absolute Gasteiger partial charge is 0.159 e. The van der Waals surface area contributed by atoms with Gasteiger partial charge in [0.05, 0.1) is 11.7 Å². The molecule has 0 N–H and O–H groups in total. The monoisotopic (exact) mass is 353 g/mol. The van der Waals surface area contributed by atoms with E-state index in [1.807, 2.05) is 6.92 Å². The molecule has 3 rings (SSSR count). The van der Waals surface area contributed by atoms with E-state index >= 15 is 0 Å². The van der Waals surface area contributed by atoms with Crippen LogP contribution in [0.1, 0.15) is 36.2 Å². The van der Waals surface area contributed by atoms with Crippen LogP contribution in [-0.4, -0.2) is 44.0 Å². The third kappa shape index (κ3) is 3.87. The van der Waals surface area contributed by atoms with Crippen LogP contribution in [0.15, 0.2) is 23.2 Å². The van der Waals surface area contributed by atoms with Crippen LogP contribution in [0.5, 0.6) is 0 Å². The Morgan fingerprint density at radius 3 is 2.83 bits per heavy atom. The summed E-state index contributed by atoms with van der Waals surface area (Å²) in [5, 5.41) is 0.948. The van der Waals surface area contributed by atoms with E-state index in [2.05, 4.69) is 4.74 Å². The molecule has 0 aromatic heterocycles. The fourth-order valence-electron chi connectivity index (χ4n) is 3.12. The molecule has 132 valence electrons. The van der Waals surface area contributed by atoms with E-state index in [-0.39, 0.29) is 17.5 Å². The minimum atomic E-state index is -0.677. The quantitative estimate of drug-likeness (QED) is 0.761. The second-order valence-corrected chi connectivity index (χ2v) is 7.28. The van der Waals surface area contributed by atoms with Gasteiger partial charge in [-0.3, -0.25) is 9.79 Å². The second kappa shape index (κ2) is 8.23. The van der Waals surface area contributed by atoms with Crippen molar-refractivity contribution in [1.82, 2.24) is 0 Å². The van der Waals surface area contributed by atoms with Gasteiger partial charge in [-0.15, -0.1) is 11.8 Å². The Labute approximate surface area is 146 Å². The van der Waals surface area contributed by atoms with Crippen LogP contribution in [0, 0.1) is 11.7 Å². The van der Waals surface area contributed by atoms with Crippen LogP contribution in [0.2, 0.25) is 0 Å². The number of hydrogen-bond donors (Lipinski definition) is 0. The van der Waals surface area contributed by atoms with Gasteiger partial charge in [0.15, 0.2) is 5.78 Å². The van der Waals surface area contributed by atoms with Gasteiger partial charge >= 0.3 is 0 Å². The van der Waals surface area contributed by atoms with Crippen molar-refractivity contribution in [2.45, 2.75) is 25.8 Å². The molecule has 0 saturated carbocycles. The van der Waals surface area contributed by atoms with Crippen LogP contribution in [0.4, 0.5) is 4.39 Å². The molecular formula is C18H24FNO3S. The molecule has 2 atom stereocenters. The Bertz CT molecular complexity index is 635. The van der Waals surface area contributed by atoms with Gasteiger partial charge in [-0.2, -0.15) is 0 Å². The van der Waals surface area contributed by atoms with E-state index in [1.165, 1.54) is 19.1 Å². The lowest BCUT2D eigenvalue weighted by Gasteiger charge is -2.44. The average molecular weight is 353 g/mol. The highest BCUT2D eigenvalue weighted by molar-refractivity contribution is 8.13. The molecule has 2 aliphatic rings. The zero-order valence-corrected chi connectivity index (χ0v) is 15.4. The molecule has 1 aromatic carbocycles. The van der Waals surface area contributed by atoms with Crippen molar-refractivity contribution in [2.75, 3.05) is 33.2 Å². The molecule has 0 bridgehead atoms. The zero-order valence-electron chi connectivity index (χ0n) is 14.6. The fraction of sp³-hybridized carbons (Fsp3) is 0.556. The predicted octanol–water partition coefficient (Wildman–Crippen LogP) is 3.69. The van der Waals surface area contributed by atoms with Crippen LogP contribution in [0.3, 0.4) is 0 Å². The zero-order chi connectivity index (χ0) is 17.7. The van der Waals surface area contributed by atoms with Gasteiger partial charge in [-0.25, -0.2) is 4.39 Å². The number of halogens is 1. The lowest BCUT2D eigenvalue weighted by molar-refractivity contribution is 0.00302. The van der Waals surface area contributed by atoms with E-state index in [1.54, 1.807) is 32.0 Å². The molecule has 0 amide bonds. The second-order valence-electron chi connectivity index (χ2n) is 6.06. The molecule has 2 aliphatic heterocycles. The van der Waals surface area contributed by atoms with E-state index in [9.17, 15) is 9.18 Å². The summed E-state index contributed by atoms with van der Waals surface area (Å²) < 4.78 is 24.3. The van der Waals surface area contributed by atoms with Crippen LogP contribution >= 0.6 is 11.8 Å². The first-order valence-electron chi connectivity index (χ1n) is 7.92. The van der Waals surface area contributed by atoms with E-state index in [4.69, 9.17) is 9.73 Å². The predicted molar refractivity (Wildman–Crippen MR) is 95.5 cm³/mol. The summed E-state index contributed by atoms with van der Waals surface area (Å²) in [7, 11) is 3.25. The van der Waals surface area contributed by atoms with Crippen LogP contribution in [0.25, 0.3) is 0 Å². The van der Waals surface area contributed by atoms with Crippen LogP contribution < -0.4 is 0 Å². The first-order valence-corrected chi connectivity index (χ1v) is 8.91. The Hall–Kier alpha value is -1.24. The van der Waals surface area contributed by atoms with Crippen molar-refractivity contribution >= 4 is 22.6 Å². The number of aliphatic imine (C=N–C) groups is 1. The molecule has 24 heavy (non-hydrogen) atoms. The third-order valence-corrected chi connectivity index (χ3v) is 5.38. The Morgan fingerprint density at radius 1 is 1.46 bits per heavy atom. The van der Waals surface area contributed by atoms with Gasteiger partial charge in [-0.1, -0.05) is 0 Å². The number of rotatable bonds is 2. The van der Waals surface area contributed by atoms with Crippen molar-refractivity contribution < 1.29 is 18.7 Å². The molecule has 4 nitrogen and oxygen atoms in total. The molecule has 2 heterocycles. The lowest BCUT2D eigenvalue weighted by atomic mass is 9.76. The molecule has 6 heteroatoms. The molecule has 1 fully saturated rings. The Morgan fingerprint density at radius 2 is 2.17 bits per heavy atom. The number of thioether (sulfide) groups is 1. The Kier molecular flexibility index (Phi) is 6.54. The van der Waals surface area contributed by atoms with Crippen molar-refractivity contribution in [3.63, 3.8) is 0 Å². The van der Waals surface area contributed by atoms with Crippen molar-refractivity contribution in [1.29, 1.82) is 0 Å². The van der Waals surface area contributed by atoms with Gasteiger partial charge in [0.1, 0.15) is 11.4 Å². The number of nitrogens with zero attached hydrogens (tertiary/aromatic N) is 1. The number of ketones is 1. The van der Waals surface area contributed by atoms with Crippen molar-refractivity contribution in [3.8, 4) is 0 Å². The maximum atomic E-state index is 14.5. The average Bonchev–Trinajstić information content (AvgIpc) is 2.55. The summed E-state index contributed by atoms with van der Waals surface area (Å²) in [5.74, 6) is 0.796. The molecule has 0 spiro atoms. The van der Waals surface area contributed by atoms with Gasteiger partial charge in [0.2, 0.25) is 0 Å². The van der Waals surface area contributed by atoms with Crippen molar-refractivity contribution in [2.24, 2.45) is 10.9 Å². The van der Waals surface area contributed by atoms with Gasteiger partial charge in [0, 0.05) is 43.6 Å². The number of carbonyl (C=O) groups is 1. The first kappa shape index (κ1) is 19.1. The summed E-state index contributed by atoms with van der Waals surface area (Å²) >= 11 is 1.72. The summed E-state index contributed by atoms with van der Waals surface area (Å²) in [5.41, 5.74) is 0.346. The number of ether oxygens (including phenoxy) is 2. The number of Topliss-reactive ketones (excluding diaryl/α,β-unsaturated/α-hetero) is 1. The highest BCUT2D eigenvalue weighted by atomic mass is 32.2. The van der Waals surface area contributed by atoms with Gasteiger partial charge in [-0.05, 0) is 38.5 Å². The van der Waals surface area contributed by atoms with E-state index in [0.29, 0.717) is 24.3 Å². The number of carbonyl (C=O) groups excluding carboxylic acids is 1. The van der Waals surface area contributed by atoms with Gasteiger partial charge < -0.3 is 9.47 Å². The summed E-state index contributed by atoms with van der Waals surface area (Å²) in [6, 6.07) is 4.57. The highest BCUT2D eigenvalue weighted by Gasteiger charge is 2.46. The first-order chi connectivity index (χ1) is 11.4. The maximum Gasteiger partial charge on any atom is 0.159 e. The summed E-state index contributed by atoms with van der Waals surface area (Å²) in [6.07, 6.45) is 0.869. The largest absolute Gasteiger partial charge is 0.388 e. The molecule has 0 radical (unpaired) electrons. The van der Waals surface area contributed by atoms with Gasteiger partial charge in [0.25, 0.3) is 0 Å². The maximum absolute atomic E-state index is 14.5. The molecule has 1 saturated heterocycles. The minimum absolute atomic E-state index is 0.0631. The fourth-order valence-corrected chi connectivity index (χ4v) is 4.24. The molecule has 0 aliphatic carbocycles. The summed E-state index contributed by atoms with van der Waals surface area (Å²) in [6.45, 7) is 4.52. The number of benzene rings is 1. The SMILES string of the molecule is CC(=O)c1ccc(F)c([C@]23COCCC2CSC(C)=N3)c1.COC. The Balaban J connectivity index is 0.000000647. The third-order valence-electron chi connectivity index (χ3n) is 4.30. The minimum Gasteiger partial charge on any atom is -0.388 e. The van der Waals surface area contributed by atoms with E-state index < -0.39 is 5.54 Å².